The maximum atomic E-state index is 14.1. The molecular formula is C23H16FN3O2. The van der Waals surface area contributed by atoms with Gasteiger partial charge in [0.25, 0.3) is 5.91 Å². The Labute approximate surface area is 166 Å². The molecule has 0 unspecified atom stereocenters. The van der Waals surface area contributed by atoms with E-state index < -0.39 is 11.7 Å². The smallest absolute Gasteiger partial charge is 0.258 e. The lowest BCUT2D eigenvalue weighted by Gasteiger charge is -2.10. The second-order valence-electron chi connectivity index (χ2n) is 6.78. The van der Waals surface area contributed by atoms with E-state index in [2.05, 4.69) is 10.3 Å². The highest BCUT2D eigenvalue weighted by Gasteiger charge is 2.15. The van der Waals surface area contributed by atoms with Crippen LogP contribution < -0.4 is 5.32 Å². The second kappa shape index (κ2) is 7.21. The lowest BCUT2D eigenvalue weighted by molar-refractivity contribution is 0.102. The number of nitrogens with zero attached hydrogens (tertiary/aromatic N) is 2. The molecule has 29 heavy (non-hydrogen) atoms. The number of carbonyl (C=O) groups is 1. The summed E-state index contributed by atoms with van der Waals surface area (Å²) in [6.45, 7) is 3.82. The molecule has 0 bridgehead atoms. The predicted molar refractivity (Wildman–Crippen MR) is 108 cm³/mol. The van der Waals surface area contributed by atoms with Gasteiger partial charge in [0.05, 0.1) is 17.2 Å². The summed E-state index contributed by atoms with van der Waals surface area (Å²) in [5.74, 6) is -0.907. The number of fused-ring (bicyclic) bond motifs is 1. The molecule has 0 aliphatic heterocycles. The Balaban J connectivity index is 1.66. The van der Waals surface area contributed by atoms with Gasteiger partial charge in [-0.2, -0.15) is 5.26 Å². The summed E-state index contributed by atoms with van der Waals surface area (Å²) in [6, 6.07) is 16.8. The maximum absolute atomic E-state index is 14.1. The van der Waals surface area contributed by atoms with Crippen LogP contribution in [-0.4, -0.2) is 10.9 Å². The first-order chi connectivity index (χ1) is 13.9. The number of aryl methyl sites for hydroxylation is 2. The first-order valence-corrected chi connectivity index (χ1v) is 8.94. The minimum absolute atomic E-state index is 0.133. The fourth-order valence-corrected chi connectivity index (χ4v) is 3.01. The van der Waals surface area contributed by atoms with Crippen LogP contribution in [0.5, 0.6) is 0 Å². The van der Waals surface area contributed by atoms with Gasteiger partial charge in [0.2, 0.25) is 5.89 Å². The molecule has 0 aliphatic rings. The molecule has 6 heteroatoms. The number of halogens is 1. The van der Waals surface area contributed by atoms with Crippen LogP contribution in [0.3, 0.4) is 0 Å². The number of rotatable bonds is 3. The topological polar surface area (TPSA) is 78.9 Å². The van der Waals surface area contributed by atoms with Crippen molar-refractivity contribution in [1.82, 2.24) is 4.98 Å². The van der Waals surface area contributed by atoms with E-state index >= 15 is 0 Å². The largest absolute Gasteiger partial charge is 0.436 e. The van der Waals surface area contributed by atoms with E-state index in [9.17, 15) is 9.18 Å². The van der Waals surface area contributed by atoms with Crippen LogP contribution in [0.1, 0.15) is 27.0 Å². The summed E-state index contributed by atoms with van der Waals surface area (Å²) in [5.41, 5.74) is 4.56. The van der Waals surface area contributed by atoms with Gasteiger partial charge in [-0.1, -0.05) is 12.1 Å². The van der Waals surface area contributed by atoms with Gasteiger partial charge in [-0.3, -0.25) is 4.79 Å². The third-order valence-corrected chi connectivity index (χ3v) is 4.62. The van der Waals surface area contributed by atoms with E-state index in [-0.39, 0.29) is 11.1 Å². The third kappa shape index (κ3) is 3.58. The Kier molecular flexibility index (Phi) is 4.57. The summed E-state index contributed by atoms with van der Waals surface area (Å²) in [7, 11) is 0. The fourth-order valence-electron chi connectivity index (χ4n) is 3.01. The minimum atomic E-state index is -0.746. The van der Waals surface area contributed by atoms with Gasteiger partial charge in [0.15, 0.2) is 5.58 Å². The predicted octanol–water partition coefficient (Wildman–Crippen LogP) is 5.37. The summed E-state index contributed by atoms with van der Waals surface area (Å²) in [4.78, 5) is 17.1. The molecule has 0 fully saturated rings. The molecule has 4 aromatic rings. The number of hydrogen-bond donors (Lipinski definition) is 1. The van der Waals surface area contributed by atoms with Crippen LogP contribution in [0, 0.1) is 31.0 Å². The molecule has 0 spiro atoms. The van der Waals surface area contributed by atoms with E-state index in [1.807, 2.05) is 50.2 Å². The lowest BCUT2D eigenvalue weighted by Crippen LogP contribution is -2.14. The molecule has 1 N–H and O–H groups in total. The van der Waals surface area contributed by atoms with Gasteiger partial charge >= 0.3 is 0 Å². The molecule has 1 amide bonds. The van der Waals surface area contributed by atoms with E-state index in [0.29, 0.717) is 22.7 Å². The van der Waals surface area contributed by atoms with Crippen LogP contribution in [-0.2, 0) is 0 Å². The first-order valence-electron chi connectivity index (χ1n) is 8.94. The quantitative estimate of drug-likeness (QED) is 0.514. The number of nitrogens with one attached hydrogen (secondary N) is 1. The normalized spacial score (nSPS) is 10.7. The average molecular weight is 385 g/mol. The minimum Gasteiger partial charge on any atom is -0.436 e. The number of aromatic nitrogens is 1. The van der Waals surface area contributed by atoms with Crippen molar-refractivity contribution >= 4 is 22.7 Å². The molecular weight excluding hydrogens is 369 g/mol. The molecule has 0 saturated heterocycles. The summed E-state index contributed by atoms with van der Waals surface area (Å²) in [6.07, 6.45) is 0. The number of nitriles is 1. The standard InChI is InChI=1S/C23H16FN3O2/c1-13-3-8-21-20(9-13)27-23(29-21)16-6-4-14(2)19(11-16)26-22(28)17-7-5-15(12-25)10-18(17)24/h3-11H,1-2H3,(H,26,28). The molecule has 0 atom stereocenters. The molecule has 0 radical (unpaired) electrons. The zero-order valence-electron chi connectivity index (χ0n) is 15.8. The van der Waals surface area contributed by atoms with E-state index in [1.165, 1.54) is 12.1 Å². The van der Waals surface area contributed by atoms with Gasteiger partial charge in [-0.25, -0.2) is 9.37 Å². The van der Waals surface area contributed by atoms with Crippen LogP contribution in [0.4, 0.5) is 10.1 Å². The molecule has 0 aliphatic carbocycles. The second-order valence-corrected chi connectivity index (χ2v) is 6.78. The van der Waals surface area contributed by atoms with Crippen LogP contribution in [0.15, 0.2) is 59.0 Å². The number of carbonyl (C=O) groups excluding carboxylic acids is 1. The molecule has 3 aromatic carbocycles. The Hall–Kier alpha value is -3.98. The number of hydrogen-bond acceptors (Lipinski definition) is 4. The van der Waals surface area contributed by atoms with Crippen molar-refractivity contribution in [2.45, 2.75) is 13.8 Å². The SMILES string of the molecule is Cc1ccc2oc(-c3ccc(C)c(NC(=O)c4ccc(C#N)cc4F)c3)nc2c1. The van der Waals surface area contributed by atoms with Crippen LogP contribution in [0.2, 0.25) is 0 Å². The molecule has 142 valence electrons. The highest BCUT2D eigenvalue weighted by molar-refractivity contribution is 6.05. The maximum Gasteiger partial charge on any atom is 0.258 e. The van der Waals surface area contributed by atoms with Crippen molar-refractivity contribution < 1.29 is 13.6 Å². The molecule has 1 heterocycles. The number of anilines is 1. The number of oxazole rings is 1. The third-order valence-electron chi connectivity index (χ3n) is 4.62. The van der Waals surface area contributed by atoms with Crippen molar-refractivity contribution in [3.05, 3.63) is 82.7 Å². The van der Waals surface area contributed by atoms with Gasteiger partial charge in [-0.15, -0.1) is 0 Å². The average Bonchev–Trinajstić information content (AvgIpc) is 3.12. The zero-order chi connectivity index (χ0) is 20.5. The number of benzene rings is 3. The fraction of sp³-hybridized carbons (Fsp3) is 0.0870. The van der Waals surface area contributed by atoms with Gasteiger partial charge in [0, 0.05) is 11.3 Å². The van der Waals surface area contributed by atoms with Crippen molar-refractivity contribution in [2.24, 2.45) is 0 Å². The Morgan fingerprint density at radius 1 is 1.10 bits per heavy atom. The highest BCUT2D eigenvalue weighted by Crippen LogP contribution is 2.28. The highest BCUT2D eigenvalue weighted by atomic mass is 19.1. The zero-order valence-corrected chi connectivity index (χ0v) is 15.8. The van der Waals surface area contributed by atoms with Gasteiger partial charge in [0.1, 0.15) is 11.3 Å². The van der Waals surface area contributed by atoms with E-state index in [1.54, 1.807) is 6.07 Å². The number of amides is 1. The van der Waals surface area contributed by atoms with E-state index in [0.717, 1.165) is 22.7 Å². The van der Waals surface area contributed by atoms with Crippen molar-refractivity contribution in [2.75, 3.05) is 5.32 Å². The Morgan fingerprint density at radius 2 is 1.93 bits per heavy atom. The monoisotopic (exact) mass is 385 g/mol. The van der Waals surface area contributed by atoms with Crippen molar-refractivity contribution in [3.63, 3.8) is 0 Å². The van der Waals surface area contributed by atoms with Crippen LogP contribution in [0.25, 0.3) is 22.6 Å². The van der Waals surface area contributed by atoms with Gasteiger partial charge in [-0.05, 0) is 67.4 Å². The molecule has 0 saturated carbocycles. The molecule has 5 nitrogen and oxygen atoms in total. The Morgan fingerprint density at radius 3 is 2.69 bits per heavy atom. The lowest BCUT2D eigenvalue weighted by atomic mass is 10.1. The van der Waals surface area contributed by atoms with Gasteiger partial charge < -0.3 is 9.73 Å². The Bertz CT molecular complexity index is 1300. The summed E-state index contributed by atoms with van der Waals surface area (Å²) >= 11 is 0. The molecule has 4 rings (SSSR count). The van der Waals surface area contributed by atoms with Crippen molar-refractivity contribution in [3.8, 4) is 17.5 Å². The van der Waals surface area contributed by atoms with E-state index in [4.69, 9.17) is 9.68 Å². The van der Waals surface area contributed by atoms with Crippen LogP contribution >= 0.6 is 0 Å². The summed E-state index contributed by atoms with van der Waals surface area (Å²) in [5, 5.41) is 11.6. The summed E-state index contributed by atoms with van der Waals surface area (Å²) < 4.78 is 20.0. The van der Waals surface area contributed by atoms with Crippen molar-refractivity contribution in [1.29, 1.82) is 5.26 Å². The molecule has 1 aromatic heterocycles. The first kappa shape index (κ1) is 18.4.